The zero-order chi connectivity index (χ0) is 30.4. The first-order valence-corrected chi connectivity index (χ1v) is 12.6. The van der Waals surface area contributed by atoms with E-state index in [1.54, 1.807) is 36.4 Å². The van der Waals surface area contributed by atoms with E-state index in [1.807, 2.05) is 0 Å². The molecule has 0 saturated carbocycles. The molecule has 1 aromatic heterocycles. The summed E-state index contributed by atoms with van der Waals surface area (Å²) in [6.45, 7) is 0. The highest BCUT2D eigenvalue weighted by Gasteiger charge is 2.22. The largest absolute Gasteiger partial charge is 0.493 e. The van der Waals surface area contributed by atoms with E-state index in [1.165, 1.54) is 64.0 Å². The van der Waals surface area contributed by atoms with Crippen LogP contribution in [0.3, 0.4) is 0 Å². The Bertz CT molecular complexity index is 1300. The molecule has 0 aliphatic heterocycles. The van der Waals surface area contributed by atoms with Crippen LogP contribution in [0.5, 0.6) is 51.7 Å². The molecule has 0 fully saturated rings. The van der Waals surface area contributed by atoms with Gasteiger partial charge in [-0.25, -0.2) is 15.0 Å². The van der Waals surface area contributed by atoms with E-state index in [9.17, 15) is 0 Å². The number of ether oxygens (including phenoxy) is 9. The van der Waals surface area contributed by atoms with E-state index in [-0.39, 0.29) is 0 Å². The summed E-state index contributed by atoms with van der Waals surface area (Å²) in [5, 5.41) is 0. The summed E-state index contributed by atoms with van der Waals surface area (Å²) < 4.78 is 49.9. The Morgan fingerprint density at radius 1 is 0.310 bits per heavy atom. The lowest BCUT2D eigenvalue weighted by molar-refractivity contribution is 0.324. The number of hydrogen-bond acceptors (Lipinski definition) is 12. The molecule has 1 heterocycles. The molecule has 12 heteroatoms. The van der Waals surface area contributed by atoms with Gasteiger partial charge in [0, 0.05) is 16.7 Å². The van der Waals surface area contributed by atoms with Crippen molar-refractivity contribution in [2.24, 2.45) is 0 Å². The van der Waals surface area contributed by atoms with Gasteiger partial charge >= 0.3 is 0 Å². The molecule has 12 nitrogen and oxygen atoms in total. The summed E-state index contributed by atoms with van der Waals surface area (Å²) >= 11 is 0. The molecular formula is C30H33N3O9. The van der Waals surface area contributed by atoms with Crippen molar-refractivity contribution in [3.63, 3.8) is 0 Å². The lowest BCUT2D eigenvalue weighted by atomic mass is 10.1. The lowest BCUT2D eigenvalue weighted by Crippen LogP contribution is -2.03. The van der Waals surface area contributed by atoms with Crippen molar-refractivity contribution in [3.05, 3.63) is 36.4 Å². The standard InChI is InChI=1S/C30H33N3O9/c1-34-19-10-16(11-20(35-2)25(19)40-7)28-31-29(17-12-21(36-3)26(41-8)22(13-17)37-4)33-30(32-28)18-14-23(38-5)27(42-9)24(15-18)39-6/h10-15H,1-9H3. The minimum Gasteiger partial charge on any atom is -0.493 e. The third-order valence-corrected chi connectivity index (χ3v) is 6.40. The molecule has 0 saturated heterocycles. The van der Waals surface area contributed by atoms with E-state index in [4.69, 9.17) is 57.6 Å². The number of aromatic nitrogens is 3. The molecule has 0 unspecified atom stereocenters. The SMILES string of the molecule is COc1cc(-c2nc(-c3cc(OC)c(OC)c(OC)c3)nc(-c3cc(OC)c(OC)c(OC)c3)n2)cc(OC)c1OC. The van der Waals surface area contributed by atoms with Crippen molar-refractivity contribution in [1.82, 2.24) is 15.0 Å². The maximum Gasteiger partial charge on any atom is 0.203 e. The quantitative estimate of drug-likeness (QED) is 0.226. The smallest absolute Gasteiger partial charge is 0.203 e. The summed E-state index contributed by atoms with van der Waals surface area (Å²) in [4.78, 5) is 14.5. The second kappa shape index (κ2) is 13.0. The van der Waals surface area contributed by atoms with Gasteiger partial charge in [0.15, 0.2) is 52.0 Å². The van der Waals surface area contributed by atoms with Crippen LogP contribution in [0, 0.1) is 0 Å². The second-order valence-electron chi connectivity index (χ2n) is 8.55. The van der Waals surface area contributed by atoms with E-state index in [0.717, 1.165) is 0 Å². The molecular weight excluding hydrogens is 546 g/mol. The number of methoxy groups -OCH3 is 9. The fourth-order valence-corrected chi connectivity index (χ4v) is 4.39. The van der Waals surface area contributed by atoms with Gasteiger partial charge < -0.3 is 42.6 Å². The Labute approximate surface area is 244 Å². The van der Waals surface area contributed by atoms with E-state index >= 15 is 0 Å². The van der Waals surface area contributed by atoms with Gasteiger partial charge in [0.2, 0.25) is 17.2 Å². The van der Waals surface area contributed by atoms with Crippen molar-refractivity contribution < 1.29 is 42.6 Å². The Morgan fingerprint density at radius 2 is 0.500 bits per heavy atom. The highest BCUT2D eigenvalue weighted by Crippen LogP contribution is 2.44. The predicted octanol–water partition coefficient (Wildman–Crippen LogP) is 4.95. The van der Waals surface area contributed by atoms with Crippen molar-refractivity contribution in [2.75, 3.05) is 64.0 Å². The Hall–Kier alpha value is -5.13. The summed E-state index contributed by atoms with van der Waals surface area (Å²) in [5.74, 6) is 4.95. The second-order valence-corrected chi connectivity index (χ2v) is 8.55. The van der Waals surface area contributed by atoms with E-state index in [0.29, 0.717) is 85.9 Å². The molecule has 3 aromatic carbocycles. The Kier molecular flexibility index (Phi) is 9.25. The minimum absolute atomic E-state index is 0.330. The molecule has 4 rings (SSSR count). The van der Waals surface area contributed by atoms with Crippen LogP contribution in [-0.4, -0.2) is 78.9 Å². The monoisotopic (exact) mass is 579 g/mol. The minimum atomic E-state index is 0.330. The van der Waals surface area contributed by atoms with Gasteiger partial charge in [-0.3, -0.25) is 0 Å². The normalized spacial score (nSPS) is 10.5. The Balaban J connectivity index is 2.05. The molecule has 0 radical (unpaired) electrons. The van der Waals surface area contributed by atoms with Crippen LogP contribution in [0.2, 0.25) is 0 Å². The number of nitrogens with zero attached hydrogens (tertiary/aromatic N) is 3. The van der Waals surface area contributed by atoms with E-state index < -0.39 is 0 Å². The van der Waals surface area contributed by atoms with Crippen LogP contribution < -0.4 is 42.6 Å². The zero-order valence-corrected chi connectivity index (χ0v) is 25.0. The molecule has 0 aliphatic carbocycles. The predicted molar refractivity (Wildman–Crippen MR) is 155 cm³/mol. The maximum atomic E-state index is 5.57. The molecule has 0 amide bonds. The molecule has 4 aromatic rings. The number of rotatable bonds is 12. The van der Waals surface area contributed by atoms with Crippen molar-refractivity contribution in [1.29, 1.82) is 0 Å². The fraction of sp³-hybridized carbons (Fsp3) is 0.300. The average Bonchev–Trinajstić information content (AvgIpc) is 3.05. The molecule has 0 atom stereocenters. The first kappa shape index (κ1) is 29.8. The Morgan fingerprint density at radius 3 is 0.643 bits per heavy atom. The van der Waals surface area contributed by atoms with Crippen LogP contribution in [0.1, 0.15) is 0 Å². The van der Waals surface area contributed by atoms with E-state index in [2.05, 4.69) is 0 Å². The van der Waals surface area contributed by atoms with Crippen LogP contribution in [0.25, 0.3) is 34.2 Å². The van der Waals surface area contributed by atoms with Crippen molar-refractivity contribution in [2.45, 2.75) is 0 Å². The first-order valence-electron chi connectivity index (χ1n) is 12.6. The summed E-state index contributed by atoms with van der Waals surface area (Å²) in [6, 6.07) is 10.6. The van der Waals surface area contributed by atoms with Gasteiger partial charge in [-0.1, -0.05) is 0 Å². The molecule has 222 valence electrons. The summed E-state index contributed by atoms with van der Waals surface area (Å²) in [7, 11) is 13.8. The van der Waals surface area contributed by atoms with Crippen molar-refractivity contribution in [3.8, 4) is 85.9 Å². The third kappa shape index (κ3) is 5.55. The van der Waals surface area contributed by atoms with Crippen molar-refractivity contribution >= 4 is 0 Å². The molecule has 0 bridgehead atoms. The molecule has 0 spiro atoms. The van der Waals surface area contributed by atoms with Gasteiger partial charge in [-0.15, -0.1) is 0 Å². The number of benzene rings is 3. The lowest BCUT2D eigenvalue weighted by Gasteiger charge is -2.16. The van der Waals surface area contributed by atoms with Gasteiger partial charge in [0.1, 0.15) is 0 Å². The zero-order valence-electron chi connectivity index (χ0n) is 25.0. The maximum absolute atomic E-state index is 5.57. The summed E-state index contributed by atoms with van der Waals surface area (Å²) in [6.07, 6.45) is 0. The van der Waals surface area contributed by atoms with Gasteiger partial charge in [0.25, 0.3) is 0 Å². The van der Waals surface area contributed by atoms with Crippen LogP contribution in [-0.2, 0) is 0 Å². The summed E-state index contributed by atoms with van der Waals surface area (Å²) in [5.41, 5.74) is 1.78. The highest BCUT2D eigenvalue weighted by atomic mass is 16.5. The molecule has 0 N–H and O–H groups in total. The fourth-order valence-electron chi connectivity index (χ4n) is 4.39. The highest BCUT2D eigenvalue weighted by molar-refractivity contribution is 5.74. The van der Waals surface area contributed by atoms with Gasteiger partial charge in [0.05, 0.1) is 64.0 Å². The molecule has 42 heavy (non-hydrogen) atoms. The van der Waals surface area contributed by atoms with Crippen LogP contribution >= 0.6 is 0 Å². The average molecular weight is 580 g/mol. The van der Waals surface area contributed by atoms with Gasteiger partial charge in [-0.05, 0) is 36.4 Å². The van der Waals surface area contributed by atoms with Gasteiger partial charge in [-0.2, -0.15) is 0 Å². The number of hydrogen-bond donors (Lipinski definition) is 0. The topological polar surface area (TPSA) is 122 Å². The molecule has 0 aliphatic rings. The third-order valence-electron chi connectivity index (χ3n) is 6.40. The van der Waals surface area contributed by atoms with Crippen LogP contribution in [0.4, 0.5) is 0 Å². The first-order chi connectivity index (χ1) is 20.4. The van der Waals surface area contributed by atoms with Crippen LogP contribution in [0.15, 0.2) is 36.4 Å².